The largest absolute Gasteiger partial charge is 0.508 e. The van der Waals surface area contributed by atoms with Crippen molar-refractivity contribution in [3.8, 4) is 0 Å². The van der Waals surface area contributed by atoms with Crippen LogP contribution < -0.4 is 0 Å². The molecule has 0 radical (unpaired) electrons. The Labute approximate surface area is 87.9 Å². The van der Waals surface area contributed by atoms with Gasteiger partial charge in [0.1, 0.15) is 12.2 Å². The Balaban J connectivity index is 2.00. The van der Waals surface area contributed by atoms with E-state index in [2.05, 4.69) is 4.74 Å². The summed E-state index contributed by atoms with van der Waals surface area (Å²) in [4.78, 5) is 10.9. The third-order valence-electron chi connectivity index (χ3n) is 2.38. The number of fused-ring (bicyclic) bond motifs is 1. The monoisotopic (exact) mass is 214 g/mol. The molecule has 2 aliphatic rings. The van der Waals surface area contributed by atoms with Gasteiger partial charge in [-0.2, -0.15) is 0 Å². The number of rotatable bonds is 1. The topological polar surface area (TPSA) is 54.0 Å². The molecule has 5 heteroatoms. The maximum atomic E-state index is 10.9. The van der Waals surface area contributed by atoms with Crippen LogP contribution >= 0.6 is 0 Å². The van der Waals surface area contributed by atoms with Crippen LogP contribution in [0.3, 0.4) is 0 Å². The molecule has 1 aliphatic carbocycles. The molecule has 15 heavy (non-hydrogen) atoms. The lowest BCUT2D eigenvalue weighted by atomic mass is 10.2. The predicted molar refractivity (Wildman–Crippen MR) is 50.2 cm³/mol. The molecule has 3 atom stereocenters. The summed E-state index contributed by atoms with van der Waals surface area (Å²) in [6, 6.07) is 0. The molecule has 1 aliphatic heterocycles. The van der Waals surface area contributed by atoms with Crippen LogP contribution in [-0.2, 0) is 18.9 Å². The van der Waals surface area contributed by atoms with E-state index in [9.17, 15) is 4.79 Å². The lowest BCUT2D eigenvalue weighted by Crippen LogP contribution is -2.32. The van der Waals surface area contributed by atoms with E-state index in [-0.39, 0.29) is 12.2 Å². The SMILES string of the molecule is COC(=O)O[C@H]1C=C[C@@H]2OC(C)(C)O[C@H]12. The summed E-state index contributed by atoms with van der Waals surface area (Å²) in [6.45, 7) is 3.66. The number of ether oxygens (including phenoxy) is 4. The lowest BCUT2D eigenvalue weighted by Gasteiger charge is -2.20. The van der Waals surface area contributed by atoms with Gasteiger partial charge in [-0.05, 0) is 19.9 Å². The highest BCUT2D eigenvalue weighted by Crippen LogP contribution is 2.35. The van der Waals surface area contributed by atoms with Crippen LogP contribution in [0.4, 0.5) is 4.79 Å². The van der Waals surface area contributed by atoms with Gasteiger partial charge < -0.3 is 18.9 Å². The highest BCUT2D eigenvalue weighted by atomic mass is 16.8. The highest BCUT2D eigenvalue weighted by Gasteiger charge is 2.47. The van der Waals surface area contributed by atoms with Gasteiger partial charge >= 0.3 is 6.16 Å². The molecule has 0 saturated carbocycles. The maximum absolute atomic E-state index is 10.9. The molecule has 0 aromatic rings. The minimum Gasteiger partial charge on any atom is -0.438 e. The summed E-state index contributed by atoms with van der Waals surface area (Å²) in [5, 5.41) is 0. The Morgan fingerprint density at radius 3 is 2.73 bits per heavy atom. The fourth-order valence-electron chi connectivity index (χ4n) is 1.81. The van der Waals surface area contributed by atoms with Crippen LogP contribution in [0.1, 0.15) is 13.8 Å². The molecule has 1 heterocycles. The van der Waals surface area contributed by atoms with Gasteiger partial charge in [-0.15, -0.1) is 0 Å². The van der Waals surface area contributed by atoms with Crippen LogP contribution in [-0.4, -0.2) is 37.4 Å². The number of hydrogen-bond donors (Lipinski definition) is 0. The molecule has 0 spiro atoms. The first-order valence-corrected chi connectivity index (χ1v) is 4.80. The van der Waals surface area contributed by atoms with Gasteiger partial charge in [-0.1, -0.05) is 6.08 Å². The minimum atomic E-state index is -0.710. The van der Waals surface area contributed by atoms with E-state index in [1.165, 1.54) is 7.11 Å². The normalized spacial score (nSPS) is 36.3. The van der Waals surface area contributed by atoms with Gasteiger partial charge in [0, 0.05) is 0 Å². The number of carbonyl (C=O) groups is 1. The second-order valence-electron chi connectivity index (χ2n) is 3.99. The fraction of sp³-hybridized carbons (Fsp3) is 0.700. The van der Waals surface area contributed by atoms with Crippen LogP contribution in [0, 0.1) is 0 Å². The van der Waals surface area contributed by atoms with E-state index in [0.717, 1.165) is 0 Å². The van der Waals surface area contributed by atoms with Gasteiger partial charge in [0.15, 0.2) is 11.9 Å². The summed E-state index contributed by atoms with van der Waals surface area (Å²) < 4.78 is 20.6. The molecule has 84 valence electrons. The lowest BCUT2D eigenvalue weighted by molar-refractivity contribution is -0.153. The minimum absolute atomic E-state index is 0.144. The van der Waals surface area contributed by atoms with E-state index in [1.807, 2.05) is 19.9 Å². The van der Waals surface area contributed by atoms with Crippen molar-refractivity contribution in [3.05, 3.63) is 12.2 Å². The van der Waals surface area contributed by atoms with Crippen molar-refractivity contribution in [2.75, 3.05) is 7.11 Å². The van der Waals surface area contributed by atoms with Gasteiger partial charge in [0.2, 0.25) is 0 Å². The van der Waals surface area contributed by atoms with Crippen molar-refractivity contribution in [1.29, 1.82) is 0 Å². The van der Waals surface area contributed by atoms with Crippen LogP contribution in [0.5, 0.6) is 0 Å². The zero-order chi connectivity index (χ0) is 11.1. The molecule has 0 bridgehead atoms. The fourth-order valence-corrected chi connectivity index (χ4v) is 1.81. The predicted octanol–water partition coefficient (Wildman–Crippen LogP) is 1.23. The first-order chi connectivity index (χ1) is 7.02. The molecule has 0 aromatic heterocycles. The third kappa shape index (κ3) is 1.98. The van der Waals surface area contributed by atoms with E-state index < -0.39 is 18.0 Å². The van der Waals surface area contributed by atoms with Gasteiger partial charge in [-0.3, -0.25) is 0 Å². The van der Waals surface area contributed by atoms with Crippen molar-refractivity contribution in [2.45, 2.75) is 37.9 Å². The van der Waals surface area contributed by atoms with Gasteiger partial charge in [-0.25, -0.2) is 4.79 Å². The number of hydrogen-bond acceptors (Lipinski definition) is 5. The Kier molecular flexibility index (Phi) is 2.44. The Bertz CT molecular complexity index is 296. The zero-order valence-electron chi connectivity index (χ0n) is 8.93. The quantitative estimate of drug-likeness (QED) is 0.485. The van der Waals surface area contributed by atoms with E-state index in [1.54, 1.807) is 6.08 Å². The molecule has 0 N–H and O–H groups in total. The molecule has 0 amide bonds. The van der Waals surface area contributed by atoms with Crippen molar-refractivity contribution in [2.24, 2.45) is 0 Å². The van der Waals surface area contributed by atoms with E-state index in [0.29, 0.717) is 0 Å². The average Bonchev–Trinajstić information content (AvgIpc) is 2.63. The van der Waals surface area contributed by atoms with Crippen LogP contribution in [0.2, 0.25) is 0 Å². The Hall–Kier alpha value is -1.07. The summed E-state index contributed by atoms with van der Waals surface area (Å²) >= 11 is 0. The molecule has 2 rings (SSSR count). The molecule has 1 saturated heterocycles. The summed E-state index contributed by atoms with van der Waals surface area (Å²) in [5.41, 5.74) is 0. The summed E-state index contributed by atoms with van der Waals surface area (Å²) in [5.74, 6) is -0.627. The van der Waals surface area contributed by atoms with E-state index >= 15 is 0 Å². The van der Waals surface area contributed by atoms with Crippen molar-refractivity contribution < 1.29 is 23.7 Å². The molecule has 0 unspecified atom stereocenters. The Morgan fingerprint density at radius 2 is 2.07 bits per heavy atom. The van der Waals surface area contributed by atoms with Crippen molar-refractivity contribution in [3.63, 3.8) is 0 Å². The standard InChI is InChI=1S/C10H14O5/c1-10(2)14-7-5-4-6(8(7)15-10)13-9(11)12-3/h4-8H,1-3H3/t6-,7-,8+/m0/s1. The molecule has 0 aromatic carbocycles. The first-order valence-electron chi connectivity index (χ1n) is 4.80. The molecular weight excluding hydrogens is 200 g/mol. The maximum Gasteiger partial charge on any atom is 0.508 e. The highest BCUT2D eigenvalue weighted by molar-refractivity contribution is 5.60. The number of methoxy groups -OCH3 is 1. The van der Waals surface area contributed by atoms with E-state index in [4.69, 9.17) is 14.2 Å². The van der Waals surface area contributed by atoms with Crippen LogP contribution in [0.15, 0.2) is 12.2 Å². The smallest absolute Gasteiger partial charge is 0.438 e. The van der Waals surface area contributed by atoms with Crippen molar-refractivity contribution >= 4 is 6.16 Å². The average molecular weight is 214 g/mol. The first kappa shape index (κ1) is 10.4. The molecule has 1 fully saturated rings. The summed E-state index contributed by atoms with van der Waals surface area (Å²) in [6.07, 6.45) is 2.05. The zero-order valence-corrected chi connectivity index (χ0v) is 8.93. The van der Waals surface area contributed by atoms with Gasteiger partial charge in [0.25, 0.3) is 0 Å². The third-order valence-corrected chi connectivity index (χ3v) is 2.38. The van der Waals surface area contributed by atoms with Crippen molar-refractivity contribution in [1.82, 2.24) is 0 Å². The second kappa shape index (κ2) is 3.50. The van der Waals surface area contributed by atoms with Gasteiger partial charge in [0.05, 0.1) is 7.11 Å². The Morgan fingerprint density at radius 1 is 1.33 bits per heavy atom. The number of carbonyl (C=O) groups excluding carboxylic acids is 1. The molecule has 5 nitrogen and oxygen atoms in total. The second-order valence-corrected chi connectivity index (χ2v) is 3.99. The van der Waals surface area contributed by atoms with Crippen LogP contribution in [0.25, 0.3) is 0 Å². The molecular formula is C10H14O5. The summed E-state index contributed by atoms with van der Waals surface area (Å²) in [7, 11) is 1.27.